The van der Waals surface area contributed by atoms with E-state index in [1.165, 1.54) is 44.6 Å². The van der Waals surface area contributed by atoms with Crippen LogP contribution in [0.5, 0.6) is 17.2 Å². The van der Waals surface area contributed by atoms with Crippen molar-refractivity contribution in [2.45, 2.75) is 9.79 Å². The molecule has 0 bridgehead atoms. The van der Waals surface area contributed by atoms with E-state index in [0.717, 1.165) is 18.2 Å². The van der Waals surface area contributed by atoms with Crippen LogP contribution in [-0.4, -0.2) is 36.2 Å². The van der Waals surface area contributed by atoms with Crippen LogP contribution in [-0.2, 0) is 20.0 Å². The van der Waals surface area contributed by atoms with E-state index in [4.69, 9.17) is 21.1 Å². The molecule has 0 unspecified atom stereocenters. The molecule has 9 nitrogen and oxygen atoms in total. The van der Waals surface area contributed by atoms with Crippen molar-refractivity contribution in [3.05, 3.63) is 65.7 Å². The van der Waals surface area contributed by atoms with E-state index in [1.807, 2.05) is 0 Å². The van der Waals surface area contributed by atoms with Gasteiger partial charge in [0.1, 0.15) is 22.1 Å². The highest BCUT2D eigenvalue weighted by Gasteiger charge is 2.24. The molecule has 0 aromatic heterocycles. The SMILES string of the molecule is COc1ccc(OC)c(S(=O)(=O)Nc2cc(S(=O)(=O)Nc3cccc(Cl)c3)ccc2O)c1. The summed E-state index contributed by atoms with van der Waals surface area (Å²) < 4.78 is 66.1. The Balaban J connectivity index is 1.97. The molecule has 0 aliphatic carbocycles. The molecule has 0 spiro atoms. The lowest BCUT2D eigenvalue weighted by Gasteiger charge is -2.15. The molecule has 0 saturated heterocycles. The number of methoxy groups -OCH3 is 2. The Morgan fingerprint density at radius 1 is 0.844 bits per heavy atom. The van der Waals surface area contributed by atoms with Crippen LogP contribution in [0.3, 0.4) is 0 Å². The normalized spacial score (nSPS) is 11.6. The Hall–Kier alpha value is -3.15. The topological polar surface area (TPSA) is 131 Å². The highest BCUT2D eigenvalue weighted by atomic mass is 35.5. The number of hydrogen-bond donors (Lipinski definition) is 3. The van der Waals surface area contributed by atoms with Gasteiger partial charge in [-0.15, -0.1) is 0 Å². The summed E-state index contributed by atoms with van der Waals surface area (Å²) in [7, 11) is -5.73. The first-order chi connectivity index (χ1) is 15.1. The number of halogens is 1. The second kappa shape index (κ2) is 9.15. The van der Waals surface area contributed by atoms with Gasteiger partial charge in [-0.1, -0.05) is 17.7 Å². The minimum atomic E-state index is -4.29. The van der Waals surface area contributed by atoms with Gasteiger partial charge in [0, 0.05) is 11.1 Å². The summed E-state index contributed by atoms with van der Waals surface area (Å²) in [4.78, 5) is -0.547. The molecule has 3 aromatic carbocycles. The Labute approximate surface area is 190 Å². The smallest absolute Gasteiger partial charge is 0.265 e. The first-order valence-electron chi connectivity index (χ1n) is 8.92. The predicted octanol–water partition coefficient (Wildman–Crippen LogP) is 3.66. The molecule has 3 aromatic rings. The largest absolute Gasteiger partial charge is 0.506 e. The Morgan fingerprint density at radius 2 is 1.59 bits per heavy atom. The highest BCUT2D eigenvalue weighted by molar-refractivity contribution is 7.93. The molecule has 0 aliphatic rings. The number of anilines is 2. The fraction of sp³-hybridized carbons (Fsp3) is 0.100. The van der Waals surface area contributed by atoms with E-state index in [2.05, 4.69) is 9.44 Å². The van der Waals surface area contributed by atoms with Gasteiger partial charge in [-0.05, 0) is 48.5 Å². The standard InChI is InChI=1S/C20H19ClN2O7S2/c1-29-15-6-9-19(30-2)20(11-15)32(27,28)23-17-12-16(7-8-18(17)24)31(25,26)22-14-5-3-4-13(21)10-14/h3-12,22-24H,1-2H3. The summed E-state index contributed by atoms with van der Waals surface area (Å²) in [5, 5.41) is 10.5. The molecule has 0 atom stereocenters. The number of phenolic OH excluding ortho intramolecular Hbond substituents is 1. The maximum Gasteiger partial charge on any atom is 0.265 e. The molecule has 3 rings (SSSR count). The molecular weight excluding hydrogens is 480 g/mol. The number of hydrogen-bond acceptors (Lipinski definition) is 7. The van der Waals surface area contributed by atoms with Gasteiger partial charge in [0.15, 0.2) is 0 Å². The van der Waals surface area contributed by atoms with Gasteiger partial charge in [0.25, 0.3) is 20.0 Å². The van der Waals surface area contributed by atoms with Gasteiger partial charge in [0.2, 0.25) is 0 Å². The zero-order valence-electron chi connectivity index (χ0n) is 16.9. The van der Waals surface area contributed by atoms with Gasteiger partial charge in [-0.25, -0.2) is 16.8 Å². The van der Waals surface area contributed by atoms with Crippen LogP contribution in [0.15, 0.2) is 70.5 Å². The first-order valence-corrected chi connectivity index (χ1v) is 12.3. The average Bonchev–Trinajstić information content (AvgIpc) is 2.74. The molecule has 32 heavy (non-hydrogen) atoms. The summed E-state index contributed by atoms with van der Waals surface area (Å²) in [5.41, 5.74) is -0.127. The van der Waals surface area contributed by atoms with Crippen molar-refractivity contribution in [1.82, 2.24) is 0 Å². The number of ether oxygens (including phenoxy) is 2. The van der Waals surface area contributed by atoms with Gasteiger partial charge in [0.05, 0.1) is 30.5 Å². The lowest BCUT2D eigenvalue weighted by Crippen LogP contribution is -2.16. The zero-order valence-corrected chi connectivity index (χ0v) is 19.3. The number of aromatic hydroxyl groups is 1. The summed E-state index contributed by atoms with van der Waals surface area (Å²) in [5.74, 6) is -0.182. The van der Waals surface area contributed by atoms with Crippen LogP contribution < -0.4 is 18.9 Å². The van der Waals surface area contributed by atoms with Crippen LogP contribution >= 0.6 is 11.6 Å². The van der Waals surface area contributed by atoms with Crippen molar-refractivity contribution in [2.75, 3.05) is 23.7 Å². The molecule has 0 heterocycles. The van der Waals surface area contributed by atoms with E-state index in [-0.39, 0.29) is 32.7 Å². The van der Waals surface area contributed by atoms with Crippen LogP contribution in [0.25, 0.3) is 0 Å². The van der Waals surface area contributed by atoms with E-state index in [9.17, 15) is 21.9 Å². The van der Waals surface area contributed by atoms with Crippen molar-refractivity contribution >= 4 is 43.0 Å². The van der Waals surface area contributed by atoms with Gasteiger partial charge >= 0.3 is 0 Å². The summed E-state index contributed by atoms with van der Waals surface area (Å²) in [6.07, 6.45) is 0. The maximum atomic E-state index is 13.0. The minimum absolute atomic E-state index is 0.0317. The third-order valence-electron chi connectivity index (χ3n) is 4.26. The predicted molar refractivity (Wildman–Crippen MR) is 121 cm³/mol. The second-order valence-electron chi connectivity index (χ2n) is 6.42. The fourth-order valence-electron chi connectivity index (χ4n) is 2.72. The summed E-state index contributed by atoms with van der Waals surface area (Å²) in [6.45, 7) is 0. The van der Waals surface area contributed by atoms with E-state index in [0.29, 0.717) is 5.02 Å². The van der Waals surface area contributed by atoms with E-state index in [1.54, 1.807) is 12.1 Å². The molecular formula is C20H19ClN2O7S2. The van der Waals surface area contributed by atoms with Crippen molar-refractivity contribution in [2.24, 2.45) is 0 Å². The van der Waals surface area contributed by atoms with Crippen LogP contribution in [0.4, 0.5) is 11.4 Å². The molecule has 3 N–H and O–H groups in total. The van der Waals surface area contributed by atoms with Crippen LogP contribution in [0.2, 0.25) is 5.02 Å². The van der Waals surface area contributed by atoms with Gasteiger partial charge in [-0.3, -0.25) is 9.44 Å². The highest BCUT2D eigenvalue weighted by Crippen LogP contribution is 2.33. The molecule has 0 aliphatic heterocycles. The maximum absolute atomic E-state index is 13.0. The monoisotopic (exact) mass is 498 g/mol. The van der Waals surface area contributed by atoms with Crippen molar-refractivity contribution in [3.63, 3.8) is 0 Å². The third kappa shape index (κ3) is 5.18. The Morgan fingerprint density at radius 3 is 2.25 bits per heavy atom. The number of rotatable bonds is 8. The number of nitrogens with one attached hydrogen (secondary N) is 2. The molecule has 170 valence electrons. The Kier molecular flexibility index (Phi) is 6.72. The van der Waals surface area contributed by atoms with Crippen molar-refractivity contribution in [3.8, 4) is 17.2 Å². The van der Waals surface area contributed by atoms with Gasteiger partial charge in [-0.2, -0.15) is 0 Å². The second-order valence-corrected chi connectivity index (χ2v) is 10.2. The van der Waals surface area contributed by atoms with E-state index >= 15 is 0 Å². The average molecular weight is 499 g/mol. The summed E-state index contributed by atoms with van der Waals surface area (Å²) >= 11 is 5.88. The Bertz CT molecular complexity index is 1360. The number of benzene rings is 3. The van der Waals surface area contributed by atoms with Gasteiger partial charge < -0.3 is 14.6 Å². The zero-order chi connectivity index (χ0) is 23.5. The quantitative estimate of drug-likeness (QED) is 0.404. The lowest BCUT2D eigenvalue weighted by atomic mass is 10.3. The van der Waals surface area contributed by atoms with Crippen molar-refractivity contribution < 1.29 is 31.4 Å². The molecule has 12 heteroatoms. The molecule has 0 saturated carbocycles. The fourth-order valence-corrected chi connectivity index (χ4v) is 5.24. The van der Waals surface area contributed by atoms with Crippen LogP contribution in [0.1, 0.15) is 0 Å². The molecule has 0 amide bonds. The molecule has 0 fully saturated rings. The van der Waals surface area contributed by atoms with Crippen LogP contribution in [0, 0.1) is 0 Å². The third-order valence-corrected chi connectivity index (χ3v) is 7.26. The number of sulfonamides is 2. The summed E-state index contributed by atoms with van der Waals surface area (Å²) in [6, 6.07) is 13.4. The minimum Gasteiger partial charge on any atom is -0.506 e. The first kappa shape index (κ1) is 23.5. The van der Waals surface area contributed by atoms with E-state index < -0.39 is 25.8 Å². The molecule has 0 radical (unpaired) electrons. The number of phenols is 1. The lowest BCUT2D eigenvalue weighted by molar-refractivity contribution is 0.392. The van der Waals surface area contributed by atoms with Crippen molar-refractivity contribution in [1.29, 1.82) is 0 Å².